The molecule has 2 heterocycles. The van der Waals surface area contributed by atoms with Gasteiger partial charge in [-0.25, -0.2) is 13.8 Å². The zero-order valence-electron chi connectivity index (χ0n) is 20.2. The third kappa shape index (κ3) is 4.26. The van der Waals surface area contributed by atoms with E-state index in [1.165, 1.54) is 35.1 Å². The second-order valence-corrected chi connectivity index (χ2v) is 11.2. The molecule has 3 aromatic carbocycles. The Kier molecular flexibility index (Phi) is 5.37. The van der Waals surface area contributed by atoms with E-state index >= 15 is 4.39 Å². The van der Waals surface area contributed by atoms with Gasteiger partial charge in [-0.05, 0) is 54.2 Å². The van der Waals surface area contributed by atoms with Crippen molar-refractivity contribution in [2.24, 2.45) is 0 Å². The minimum atomic E-state index is -0.388. The number of benzene rings is 3. The highest BCUT2D eigenvalue weighted by atomic mass is 32.1. The molecule has 0 radical (unpaired) electrons. The van der Waals surface area contributed by atoms with Gasteiger partial charge in [-0.2, -0.15) is 0 Å². The highest BCUT2D eigenvalue weighted by Gasteiger charge is 2.29. The number of fused-ring (bicyclic) bond motifs is 1. The summed E-state index contributed by atoms with van der Waals surface area (Å²) in [4.78, 5) is 4.80. The predicted octanol–water partition coefficient (Wildman–Crippen LogP) is 7.88. The Morgan fingerprint density at radius 1 is 0.917 bits per heavy atom. The average molecular weight is 502 g/mol. The molecule has 5 nitrogen and oxygen atoms in total. The van der Waals surface area contributed by atoms with E-state index in [1.807, 2.05) is 12.1 Å². The Balaban J connectivity index is 1.31. The standard InChI is InChI=1S/C28H25F2N5S/c1-28(2,3)18-8-4-17(5-9-18)26-33-34-27(36-26)32-22-15-23-24(14-21(22)30)35(20-12-13-20)25(31-23)16-6-10-19(29)11-7-16/h4-11,14-15,20H,12-13H2,1-3H3,(H,32,34). The minimum Gasteiger partial charge on any atom is -0.328 e. The summed E-state index contributed by atoms with van der Waals surface area (Å²) in [5.41, 5.74) is 4.79. The minimum absolute atomic E-state index is 0.0750. The second-order valence-electron chi connectivity index (χ2n) is 10.2. The maximum Gasteiger partial charge on any atom is 0.210 e. The Bertz CT molecular complexity index is 1560. The number of anilines is 2. The molecule has 182 valence electrons. The van der Waals surface area contributed by atoms with Crippen molar-refractivity contribution < 1.29 is 8.78 Å². The number of imidazole rings is 1. The van der Waals surface area contributed by atoms with Gasteiger partial charge in [0.05, 0.1) is 16.7 Å². The van der Waals surface area contributed by atoms with Crippen molar-refractivity contribution in [1.29, 1.82) is 0 Å². The number of nitrogens with one attached hydrogen (secondary N) is 1. The van der Waals surface area contributed by atoms with Crippen molar-refractivity contribution in [3.05, 3.63) is 77.9 Å². The first kappa shape index (κ1) is 22.8. The predicted molar refractivity (Wildman–Crippen MR) is 141 cm³/mol. The van der Waals surface area contributed by atoms with E-state index in [4.69, 9.17) is 4.98 Å². The maximum absolute atomic E-state index is 15.2. The van der Waals surface area contributed by atoms with Gasteiger partial charge in [0.1, 0.15) is 22.5 Å². The monoisotopic (exact) mass is 501 g/mol. The van der Waals surface area contributed by atoms with Crippen LogP contribution in [0.25, 0.3) is 33.0 Å². The molecule has 1 aliphatic rings. The van der Waals surface area contributed by atoms with Crippen LogP contribution in [0.5, 0.6) is 0 Å². The van der Waals surface area contributed by atoms with Crippen molar-refractivity contribution >= 4 is 33.2 Å². The molecule has 1 fully saturated rings. The van der Waals surface area contributed by atoms with Crippen LogP contribution in [0.2, 0.25) is 0 Å². The fraction of sp³-hybridized carbons (Fsp3) is 0.250. The molecule has 6 rings (SSSR count). The van der Waals surface area contributed by atoms with Crippen LogP contribution in [0.3, 0.4) is 0 Å². The Morgan fingerprint density at radius 2 is 1.61 bits per heavy atom. The van der Waals surface area contributed by atoms with Gasteiger partial charge in [0, 0.05) is 23.2 Å². The van der Waals surface area contributed by atoms with E-state index in [-0.39, 0.29) is 23.1 Å². The van der Waals surface area contributed by atoms with Crippen LogP contribution in [-0.2, 0) is 5.41 Å². The molecule has 0 aliphatic heterocycles. The average Bonchev–Trinajstić information content (AvgIpc) is 3.46. The highest BCUT2D eigenvalue weighted by molar-refractivity contribution is 7.18. The van der Waals surface area contributed by atoms with Crippen LogP contribution in [0.15, 0.2) is 60.7 Å². The number of hydrogen-bond acceptors (Lipinski definition) is 5. The topological polar surface area (TPSA) is 55.6 Å². The fourth-order valence-electron chi connectivity index (χ4n) is 4.34. The molecule has 1 N–H and O–H groups in total. The van der Waals surface area contributed by atoms with Gasteiger partial charge in [0.25, 0.3) is 0 Å². The van der Waals surface area contributed by atoms with E-state index in [1.54, 1.807) is 18.2 Å². The SMILES string of the molecule is CC(C)(C)c1ccc(-c2nnc(Nc3cc4nc(-c5ccc(F)cc5)n(C5CC5)c4cc3F)s2)cc1. The lowest BCUT2D eigenvalue weighted by Crippen LogP contribution is -2.10. The molecular formula is C28H25F2N5S. The molecule has 36 heavy (non-hydrogen) atoms. The molecule has 0 atom stereocenters. The van der Waals surface area contributed by atoms with Crippen molar-refractivity contribution in [3.8, 4) is 22.0 Å². The fourth-order valence-corrected chi connectivity index (χ4v) is 5.10. The summed E-state index contributed by atoms with van der Waals surface area (Å²) in [6.07, 6.45) is 2.04. The summed E-state index contributed by atoms with van der Waals surface area (Å²) in [5.74, 6) is 0.0362. The largest absolute Gasteiger partial charge is 0.328 e. The molecule has 5 aromatic rings. The third-order valence-electron chi connectivity index (χ3n) is 6.46. The van der Waals surface area contributed by atoms with Crippen molar-refractivity contribution in [2.45, 2.75) is 45.1 Å². The first-order chi connectivity index (χ1) is 17.3. The molecule has 1 saturated carbocycles. The lowest BCUT2D eigenvalue weighted by Gasteiger charge is -2.18. The summed E-state index contributed by atoms with van der Waals surface area (Å²) >= 11 is 1.37. The van der Waals surface area contributed by atoms with Crippen LogP contribution in [-0.4, -0.2) is 19.7 Å². The van der Waals surface area contributed by atoms with Crippen LogP contribution in [0.4, 0.5) is 19.6 Å². The number of aromatic nitrogens is 4. The first-order valence-electron chi connectivity index (χ1n) is 11.9. The number of nitrogens with zero attached hydrogens (tertiary/aromatic N) is 4. The van der Waals surface area contributed by atoms with E-state index in [9.17, 15) is 4.39 Å². The summed E-state index contributed by atoms with van der Waals surface area (Å²) < 4.78 is 30.8. The van der Waals surface area contributed by atoms with Crippen LogP contribution in [0.1, 0.15) is 45.2 Å². The smallest absolute Gasteiger partial charge is 0.210 e. The Hall–Kier alpha value is -3.65. The van der Waals surface area contributed by atoms with Crippen molar-refractivity contribution in [3.63, 3.8) is 0 Å². The van der Waals surface area contributed by atoms with Crippen molar-refractivity contribution in [1.82, 2.24) is 19.7 Å². The van der Waals surface area contributed by atoms with Crippen LogP contribution >= 0.6 is 11.3 Å². The van der Waals surface area contributed by atoms with E-state index in [2.05, 4.69) is 53.0 Å². The van der Waals surface area contributed by atoms with Gasteiger partial charge in [-0.1, -0.05) is 56.4 Å². The van der Waals surface area contributed by atoms with Gasteiger partial charge in [0.2, 0.25) is 5.13 Å². The Morgan fingerprint density at radius 3 is 2.28 bits per heavy atom. The second kappa shape index (κ2) is 8.48. The molecule has 0 unspecified atom stereocenters. The van der Waals surface area contributed by atoms with Gasteiger partial charge in [0.15, 0.2) is 0 Å². The van der Waals surface area contributed by atoms with Crippen molar-refractivity contribution in [2.75, 3.05) is 5.32 Å². The van der Waals surface area contributed by atoms with Gasteiger partial charge < -0.3 is 9.88 Å². The molecule has 0 bridgehead atoms. The van der Waals surface area contributed by atoms with Gasteiger partial charge >= 0.3 is 0 Å². The summed E-state index contributed by atoms with van der Waals surface area (Å²) in [7, 11) is 0. The first-order valence-corrected chi connectivity index (χ1v) is 12.8. The van der Waals surface area contributed by atoms with Gasteiger partial charge in [-0.15, -0.1) is 10.2 Å². The zero-order valence-corrected chi connectivity index (χ0v) is 21.0. The Labute approximate surface area is 211 Å². The normalized spacial score (nSPS) is 13.9. The third-order valence-corrected chi connectivity index (χ3v) is 7.34. The molecule has 0 saturated heterocycles. The summed E-state index contributed by atoms with van der Waals surface area (Å²) in [5, 5.41) is 12.9. The highest BCUT2D eigenvalue weighted by Crippen LogP contribution is 2.42. The molecule has 1 aliphatic carbocycles. The lowest BCUT2D eigenvalue weighted by molar-refractivity contribution is 0.590. The number of halogens is 2. The summed E-state index contributed by atoms with van der Waals surface area (Å²) in [6.45, 7) is 6.53. The van der Waals surface area contributed by atoms with Crippen LogP contribution < -0.4 is 5.32 Å². The summed E-state index contributed by atoms with van der Waals surface area (Å²) in [6, 6.07) is 18.1. The maximum atomic E-state index is 15.2. The zero-order chi connectivity index (χ0) is 25.0. The number of rotatable bonds is 5. The van der Waals surface area contributed by atoms with E-state index in [0.29, 0.717) is 16.3 Å². The number of hydrogen-bond donors (Lipinski definition) is 1. The van der Waals surface area contributed by atoms with E-state index < -0.39 is 0 Å². The quantitative estimate of drug-likeness (QED) is 0.266. The molecule has 0 amide bonds. The molecular weight excluding hydrogens is 476 g/mol. The van der Waals surface area contributed by atoms with Crippen LogP contribution in [0, 0.1) is 11.6 Å². The molecule has 2 aromatic heterocycles. The van der Waals surface area contributed by atoms with E-state index in [0.717, 1.165) is 40.3 Å². The van der Waals surface area contributed by atoms with Gasteiger partial charge in [-0.3, -0.25) is 0 Å². The molecule has 8 heteroatoms. The molecule has 0 spiro atoms. The lowest BCUT2D eigenvalue weighted by atomic mass is 9.87.